The fraction of sp³-hybridized carbons (Fsp3) is 0.316. The van der Waals surface area contributed by atoms with E-state index >= 15 is 0 Å². The maximum absolute atomic E-state index is 12.1. The summed E-state index contributed by atoms with van der Waals surface area (Å²) in [6, 6.07) is 13.9. The van der Waals surface area contributed by atoms with E-state index in [0.29, 0.717) is 18.9 Å². The molecule has 23 heavy (non-hydrogen) atoms. The minimum Gasteiger partial charge on any atom is -0.384 e. The fourth-order valence-corrected chi connectivity index (χ4v) is 2.87. The van der Waals surface area contributed by atoms with Gasteiger partial charge in [0.1, 0.15) is 0 Å². The third kappa shape index (κ3) is 4.83. The SMILES string of the molecule is Cc1cccc(C(C)C)c1NCCC(=O)Nc1ccccc1Br. The van der Waals surface area contributed by atoms with E-state index in [2.05, 4.69) is 65.5 Å². The number of halogens is 1. The number of benzene rings is 2. The molecule has 0 aromatic heterocycles. The molecule has 0 spiro atoms. The van der Waals surface area contributed by atoms with Crippen molar-refractivity contribution in [1.82, 2.24) is 0 Å². The van der Waals surface area contributed by atoms with Crippen molar-refractivity contribution in [3.63, 3.8) is 0 Å². The van der Waals surface area contributed by atoms with E-state index in [9.17, 15) is 4.79 Å². The first-order valence-electron chi connectivity index (χ1n) is 7.86. The second-order valence-electron chi connectivity index (χ2n) is 5.90. The van der Waals surface area contributed by atoms with Crippen LogP contribution in [0.15, 0.2) is 46.9 Å². The molecular weight excluding hydrogens is 352 g/mol. The van der Waals surface area contributed by atoms with Gasteiger partial charge in [-0.25, -0.2) is 0 Å². The van der Waals surface area contributed by atoms with Crippen molar-refractivity contribution in [3.8, 4) is 0 Å². The van der Waals surface area contributed by atoms with Crippen LogP contribution < -0.4 is 10.6 Å². The third-order valence-electron chi connectivity index (χ3n) is 3.73. The Hall–Kier alpha value is -1.81. The van der Waals surface area contributed by atoms with Crippen molar-refractivity contribution in [2.24, 2.45) is 0 Å². The van der Waals surface area contributed by atoms with Crippen LogP contribution >= 0.6 is 15.9 Å². The summed E-state index contributed by atoms with van der Waals surface area (Å²) >= 11 is 3.43. The Kier molecular flexibility index (Phi) is 6.22. The van der Waals surface area contributed by atoms with E-state index < -0.39 is 0 Å². The fourth-order valence-electron chi connectivity index (χ4n) is 2.49. The van der Waals surface area contributed by atoms with E-state index in [0.717, 1.165) is 15.8 Å². The molecule has 0 aliphatic heterocycles. The largest absolute Gasteiger partial charge is 0.384 e. The molecule has 2 rings (SSSR count). The van der Waals surface area contributed by atoms with E-state index in [1.165, 1.54) is 11.1 Å². The zero-order chi connectivity index (χ0) is 16.8. The molecule has 0 bridgehead atoms. The number of hydrogen-bond acceptors (Lipinski definition) is 2. The van der Waals surface area contributed by atoms with Crippen molar-refractivity contribution in [2.45, 2.75) is 33.1 Å². The zero-order valence-electron chi connectivity index (χ0n) is 13.8. The number of nitrogens with one attached hydrogen (secondary N) is 2. The van der Waals surface area contributed by atoms with Crippen LogP contribution in [0, 0.1) is 6.92 Å². The summed E-state index contributed by atoms with van der Waals surface area (Å²) in [5.41, 5.74) is 4.45. The summed E-state index contributed by atoms with van der Waals surface area (Å²) in [5, 5.41) is 6.34. The molecule has 0 aliphatic carbocycles. The second kappa shape index (κ2) is 8.16. The van der Waals surface area contributed by atoms with Gasteiger partial charge in [0.25, 0.3) is 0 Å². The number of anilines is 2. The Bertz CT molecular complexity index is 683. The van der Waals surface area contributed by atoms with Gasteiger partial charge < -0.3 is 10.6 Å². The second-order valence-corrected chi connectivity index (χ2v) is 6.75. The molecule has 1 amide bonds. The van der Waals surface area contributed by atoms with Crippen LogP contribution in [0.1, 0.15) is 37.3 Å². The maximum atomic E-state index is 12.1. The number of aryl methyl sites for hydroxylation is 1. The van der Waals surface area contributed by atoms with Crippen LogP contribution in [-0.2, 0) is 4.79 Å². The van der Waals surface area contributed by atoms with Crippen molar-refractivity contribution in [2.75, 3.05) is 17.2 Å². The zero-order valence-corrected chi connectivity index (χ0v) is 15.4. The highest BCUT2D eigenvalue weighted by molar-refractivity contribution is 9.10. The predicted octanol–water partition coefficient (Wildman–Crippen LogP) is 5.32. The summed E-state index contributed by atoms with van der Waals surface area (Å²) in [6.45, 7) is 7.06. The van der Waals surface area contributed by atoms with Crippen molar-refractivity contribution in [1.29, 1.82) is 0 Å². The number of carbonyl (C=O) groups excluding carboxylic acids is 1. The molecule has 0 radical (unpaired) electrons. The highest BCUT2D eigenvalue weighted by Crippen LogP contribution is 2.27. The number of amides is 1. The Morgan fingerprint density at radius 2 is 1.87 bits per heavy atom. The summed E-state index contributed by atoms with van der Waals surface area (Å²) in [4.78, 5) is 12.1. The lowest BCUT2D eigenvalue weighted by atomic mass is 9.98. The Morgan fingerprint density at radius 3 is 2.57 bits per heavy atom. The third-order valence-corrected chi connectivity index (χ3v) is 4.42. The van der Waals surface area contributed by atoms with E-state index in [4.69, 9.17) is 0 Å². The monoisotopic (exact) mass is 374 g/mol. The van der Waals surface area contributed by atoms with E-state index in [1.54, 1.807) is 0 Å². The Labute approximate surface area is 146 Å². The highest BCUT2D eigenvalue weighted by atomic mass is 79.9. The van der Waals surface area contributed by atoms with Crippen LogP contribution in [0.2, 0.25) is 0 Å². The molecule has 0 saturated carbocycles. The minimum atomic E-state index is 0.00378. The molecular formula is C19H23BrN2O. The van der Waals surface area contributed by atoms with Crippen molar-refractivity contribution in [3.05, 3.63) is 58.1 Å². The van der Waals surface area contributed by atoms with Gasteiger partial charge in [0.05, 0.1) is 5.69 Å². The number of carbonyl (C=O) groups is 1. The molecule has 0 saturated heterocycles. The molecule has 2 N–H and O–H groups in total. The summed E-state index contributed by atoms with van der Waals surface area (Å²) in [6.07, 6.45) is 0.424. The average molecular weight is 375 g/mol. The number of para-hydroxylation sites is 2. The van der Waals surface area contributed by atoms with Crippen LogP contribution in [-0.4, -0.2) is 12.5 Å². The molecule has 3 nitrogen and oxygen atoms in total. The van der Waals surface area contributed by atoms with Crippen molar-refractivity contribution >= 4 is 33.2 Å². The van der Waals surface area contributed by atoms with Crippen LogP contribution in [0.25, 0.3) is 0 Å². The Morgan fingerprint density at radius 1 is 1.13 bits per heavy atom. The average Bonchev–Trinajstić information content (AvgIpc) is 2.51. The first kappa shape index (κ1) is 17.5. The standard InChI is InChI=1S/C19H23BrN2O/c1-13(2)15-8-6-7-14(3)19(15)21-12-11-18(23)22-17-10-5-4-9-16(17)20/h4-10,13,21H,11-12H2,1-3H3,(H,22,23). The molecule has 2 aromatic rings. The quantitative estimate of drug-likeness (QED) is 0.717. The highest BCUT2D eigenvalue weighted by Gasteiger charge is 2.10. The molecule has 4 heteroatoms. The van der Waals surface area contributed by atoms with Gasteiger partial charge in [-0.1, -0.05) is 44.2 Å². The molecule has 0 unspecified atom stereocenters. The maximum Gasteiger partial charge on any atom is 0.226 e. The molecule has 0 heterocycles. The van der Waals surface area contributed by atoms with Crippen LogP contribution in [0.5, 0.6) is 0 Å². The lowest BCUT2D eigenvalue weighted by molar-refractivity contribution is -0.115. The lowest BCUT2D eigenvalue weighted by Crippen LogP contribution is -2.17. The lowest BCUT2D eigenvalue weighted by Gasteiger charge is -2.17. The first-order valence-corrected chi connectivity index (χ1v) is 8.66. The number of rotatable bonds is 6. The smallest absolute Gasteiger partial charge is 0.226 e. The van der Waals surface area contributed by atoms with Gasteiger partial charge in [-0.2, -0.15) is 0 Å². The predicted molar refractivity (Wildman–Crippen MR) is 101 cm³/mol. The van der Waals surface area contributed by atoms with Crippen LogP contribution in [0.3, 0.4) is 0 Å². The van der Waals surface area contributed by atoms with E-state index in [1.807, 2.05) is 24.3 Å². The normalized spacial score (nSPS) is 10.7. The van der Waals surface area contributed by atoms with Gasteiger partial charge >= 0.3 is 0 Å². The number of hydrogen-bond donors (Lipinski definition) is 2. The topological polar surface area (TPSA) is 41.1 Å². The minimum absolute atomic E-state index is 0.00378. The van der Waals surface area contributed by atoms with Gasteiger partial charge in [-0.05, 0) is 52.0 Å². The van der Waals surface area contributed by atoms with Gasteiger partial charge in [0, 0.05) is 23.1 Å². The Balaban J connectivity index is 1.93. The molecule has 122 valence electrons. The first-order chi connectivity index (χ1) is 11.0. The van der Waals surface area contributed by atoms with Gasteiger partial charge in [-0.3, -0.25) is 4.79 Å². The summed E-state index contributed by atoms with van der Waals surface area (Å²) in [7, 11) is 0. The van der Waals surface area contributed by atoms with Gasteiger partial charge in [0.15, 0.2) is 0 Å². The summed E-state index contributed by atoms with van der Waals surface area (Å²) < 4.78 is 0.891. The van der Waals surface area contributed by atoms with Crippen LogP contribution in [0.4, 0.5) is 11.4 Å². The van der Waals surface area contributed by atoms with E-state index in [-0.39, 0.29) is 5.91 Å². The van der Waals surface area contributed by atoms with Gasteiger partial charge in [-0.15, -0.1) is 0 Å². The van der Waals surface area contributed by atoms with Crippen molar-refractivity contribution < 1.29 is 4.79 Å². The summed E-state index contributed by atoms with van der Waals surface area (Å²) in [5.74, 6) is 0.454. The molecule has 0 aliphatic rings. The molecule has 0 atom stereocenters. The van der Waals surface area contributed by atoms with Gasteiger partial charge in [0.2, 0.25) is 5.91 Å². The molecule has 2 aromatic carbocycles. The molecule has 0 fully saturated rings.